The van der Waals surface area contributed by atoms with Crippen molar-refractivity contribution >= 4 is 22.8 Å². The van der Waals surface area contributed by atoms with Crippen LogP contribution in [0.4, 0.5) is 0 Å². The highest BCUT2D eigenvalue weighted by Crippen LogP contribution is 2.29. The maximum Gasteiger partial charge on any atom is 0.333 e. The number of rotatable bonds is 2. The van der Waals surface area contributed by atoms with Crippen LogP contribution in [0, 0.1) is 0 Å². The Morgan fingerprint density at radius 1 is 1.22 bits per heavy atom. The minimum absolute atomic E-state index is 0.150. The van der Waals surface area contributed by atoms with Gasteiger partial charge < -0.3 is 9.84 Å². The fourth-order valence-corrected chi connectivity index (χ4v) is 1.87. The molecular weight excluding hydrogens is 228 g/mol. The summed E-state index contributed by atoms with van der Waals surface area (Å²) in [5.74, 6) is -0.251. The lowest BCUT2D eigenvalue weighted by Crippen LogP contribution is -2.01. The molecule has 0 amide bonds. The van der Waals surface area contributed by atoms with Gasteiger partial charge >= 0.3 is 5.97 Å². The van der Waals surface area contributed by atoms with Gasteiger partial charge in [0.05, 0.1) is 7.11 Å². The van der Waals surface area contributed by atoms with Crippen molar-refractivity contribution in [1.82, 2.24) is 0 Å². The maximum atomic E-state index is 11.4. The summed E-state index contributed by atoms with van der Waals surface area (Å²) in [5.41, 5.74) is 1.08. The van der Waals surface area contributed by atoms with Crippen LogP contribution in [-0.4, -0.2) is 18.2 Å². The number of hydrogen-bond donors (Lipinski definition) is 1. The van der Waals surface area contributed by atoms with Crippen molar-refractivity contribution in [3.63, 3.8) is 0 Å². The Morgan fingerprint density at radius 3 is 2.67 bits per heavy atom. The minimum atomic E-state index is -0.401. The molecule has 0 aliphatic heterocycles. The predicted octanol–water partition coefficient (Wildman–Crippen LogP) is 3.12. The van der Waals surface area contributed by atoms with Gasteiger partial charge in [-0.3, -0.25) is 0 Å². The van der Waals surface area contributed by atoms with Gasteiger partial charge in [0.2, 0.25) is 0 Å². The first-order valence-corrected chi connectivity index (χ1v) is 5.61. The van der Waals surface area contributed by atoms with Crippen LogP contribution in [0.3, 0.4) is 0 Å². The lowest BCUT2D eigenvalue weighted by molar-refractivity contribution is -0.135. The fourth-order valence-electron chi connectivity index (χ4n) is 1.87. The van der Waals surface area contributed by atoms with Crippen LogP contribution in [0.15, 0.2) is 42.0 Å². The third-order valence-corrected chi connectivity index (χ3v) is 2.82. The third-order valence-electron chi connectivity index (χ3n) is 2.82. The molecule has 2 rings (SSSR count). The second-order valence-corrected chi connectivity index (χ2v) is 4.04. The molecule has 3 heteroatoms. The monoisotopic (exact) mass is 242 g/mol. The Hall–Kier alpha value is -2.29. The molecule has 0 atom stereocenters. The molecule has 0 radical (unpaired) electrons. The zero-order valence-electron chi connectivity index (χ0n) is 10.3. The van der Waals surface area contributed by atoms with E-state index in [4.69, 9.17) is 0 Å². The molecule has 0 heterocycles. The van der Waals surface area contributed by atoms with Crippen LogP contribution in [0.25, 0.3) is 16.8 Å². The molecule has 0 unspecified atom stereocenters. The standard InChI is InChI=1S/C15H14O3/c1-10(15(17)18-2)9-13-12-6-4-3-5-11(12)7-8-14(13)16/h3-9,16H,1-2H3/b10-9+. The van der Waals surface area contributed by atoms with Gasteiger partial charge in [-0.2, -0.15) is 0 Å². The van der Waals surface area contributed by atoms with Crippen molar-refractivity contribution in [2.75, 3.05) is 7.11 Å². The van der Waals surface area contributed by atoms with Gasteiger partial charge in [0.1, 0.15) is 5.75 Å². The molecule has 18 heavy (non-hydrogen) atoms. The van der Waals surface area contributed by atoms with E-state index >= 15 is 0 Å². The first-order valence-electron chi connectivity index (χ1n) is 5.61. The normalized spacial score (nSPS) is 11.6. The second kappa shape index (κ2) is 4.92. The first-order chi connectivity index (χ1) is 8.63. The third kappa shape index (κ3) is 2.20. The molecule has 2 aromatic rings. The quantitative estimate of drug-likeness (QED) is 0.650. The Morgan fingerprint density at radius 2 is 1.94 bits per heavy atom. The van der Waals surface area contributed by atoms with Crippen LogP contribution in [0.5, 0.6) is 5.75 Å². The Labute approximate surface area is 105 Å². The molecule has 0 aliphatic rings. The van der Waals surface area contributed by atoms with Crippen molar-refractivity contribution in [2.24, 2.45) is 0 Å². The summed E-state index contributed by atoms with van der Waals surface area (Å²) in [5, 5.41) is 11.8. The number of methoxy groups -OCH3 is 1. The first kappa shape index (κ1) is 12.2. The molecule has 0 saturated heterocycles. The smallest absolute Gasteiger partial charge is 0.333 e. The van der Waals surface area contributed by atoms with E-state index in [1.165, 1.54) is 7.11 Å². The van der Waals surface area contributed by atoms with Gasteiger partial charge in [-0.05, 0) is 29.8 Å². The van der Waals surface area contributed by atoms with Crippen molar-refractivity contribution in [2.45, 2.75) is 6.92 Å². The lowest BCUT2D eigenvalue weighted by atomic mass is 10.0. The molecule has 0 spiro atoms. The topological polar surface area (TPSA) is 46.5 Å². The number of hydrogen-bond acceptors (Lipinski definition) is 3. The van der Waals surface area contributed by atoms with Gasteiger partial charge in [0, 0.05) is 11.1 Å². The summed E-state index contributed by atoms with van der Waals surface area (Å²) in [6.07, 6.45) is 1.64. The number of phenolic OH excluding ortho intramolecular Hbond substituents is 1. The van der Waals surface area contributed by atoms with Crippen LogP contribution < -0.4 is 0 Å². The highest BCUT2D eigenvalue weighted by Gasteiger charge is 2.08. The van der Waals surface area contributed by atoms with Crippen molar-refractivity contribution in [3.8, 4) is 5.75 Å². The number of esters is 1. The Kier molecular flexibility index (Phi) is 3.33. The van der Waals surface area contributed by atoms with E-state index in [1.807, 2.05) is 30.3 Å². The average Bonchev–Trinajstić information content (AvgIpc) is 2.41. The number of carbonyl (C=O) groups excluding carboxylic acids is 1. The molecule has 0 fully saturated rings. The number of carbonyl (C=O) groups is 1. The van der Waals surface area contributed by atoms with E-state index in [0.29, 0.717) is 11.1 Å². The van der Waals surface area contributed by atoms with Gasteiger partial charge in [-0.1, -0.05) is 30.3 Å². The summed E-state index contributed by atoms with van der Waals surface area (Å²) in [4.78, 5) is 11.4. The summed E-state index contributed by atoms with van der Waals surface area (Å²) in [7, 11) is 1.34. The number of ether oxygens (including phenoxy) is 1. The van der Waals surface area contributed by atoms with Gasteiger partial charge in [0.25, 0.3) is 0 Å². The van der Waals surface area contributed by atoms with Crippen molar-refractivity contribution in [1.29, 1.82) is 0 Å². The zero-order chi connectivity index (χ0) is 13.1. The summed E-state index contributed by atoms with van der Waals surface area (Å²) in [6, 6.07) is 11.2. The van der Waals surface area contributed by atoms with Crippen LogP contribution in [0.2, 0.25) is 0 Å². The van der Waals surface area contributed by atoms with Gasteiger partial charge in [-0.25, -0.2) is 4.79 Å². The minimum Gasteiger partial charge on any atom is -0.507 e. The molecule has 1 N–H and O–H groups in total. The van der Waals surface area contributed by atoms with E-state index in [9.17, 15) is 9.90 Å². The molecule has 3 nitrogen and oxygen atoms in total. The number of phenols is 1. The summed E-state index contributed by atoms with van der Waals surface area (Å²) < 4.78 is 4.65. The van der Waals surface area contributed by atoms with Crippen LogP contribution in [0.1, 0.15) is 12.5 Å². The van der Waals surface area contributed by atoms with Crippen LogP contribution in [-0.2, 0) is 9.53 Å². The second-order valence-electron chi connectivity index (χ2n) is 4.04. The largest absolute Gasteiger partial charge is 0.507 e. The lowest BCUT2D eigenvalue weighted by Gasteiger charge is -2.06. The van der Waals surface area contributed by atoms with Gasteiger partial charge in [-0.15, -0.1) is 0 Å². The molecule has 92 valence electrons. The number of benzene rings is 2. The summed E-state index contributed by atoms with van der Waals surface area (Å²) >= 11 is 0. The Bertz CT molecular complexity index is 627. The molecule has 2 aromatic carbocycles. The van der Waals surface area contributed by atoms with Gasteiger partial charge in [0.15, 0.2) is 0 Å². The molecule has 0 saturated carbocycles. The highest BCUT2D eigenvalue weighted by molar-refractivity contribution is 5.99. The van der Waals surface area contributed by atoms with E-state index in [0.717, 1.165) is 10.8 Å². The predicted molar refractivity (Wildman–Crippen MR) is 71.3 cm³/mol. The molecule has 0 bridgehead atoms. The van der Waals surface area contributed by atoms with Crippen molar-refractivity contribution < 1.29 is 14.6 Å². The van der Waals surface area contributed by atoms with E-state index in [1.54, 1.807) is 19.1 Å². The number of fused-ring (bicyclic) bond motifs is 1. The SMILES string of the molecule is COC(=O)/C(C)=C/c1c(O)ccc2ccccc12. The van der Waals surface area contributed by atoms with E-state index in [2.05, 4.69) is 4.74 Å². The van der Waals surface area contributed by atoms with Crippen molar-refractivity contribution in [3.05, 3.63) is 47.5 Å². The molecule has 0 aliphatic carbocycles. The average molecular weight is 242 g/mol. The van der Waals surface area contributed by atoms with E-state index < -0.39 is 5.97 Å². The fraction of sp³-hybridized carbons (Fsp3) is 0.133. The maximum absolute atomic E-state index is 11.4. The molecule has 0 aromatic heterocycles. The zero-order valence-corrected chi connectivity index (χ0v) is 10.3. The highest BCUT2D eigenvalue weighted by atomic mass is 16.5. The van der Waals surface area contributed by atoms with Crippen LogP contribution >= 0.6 is 0 Å². The Balaban J connectivity index is 2.63. The molecular formula is C15H14O3. The van der Waals surface area contributed by atoms with E-state index in [-0.39, 0.29) is 5.75 Å². The number of aromatic hydroxyl groups is 1. The summed E-state index contributed by atoms with van der Waals surface area (Å²) in [6.45, 7) is 1.66.